The number of carbonyl (C=O) groups is 1. The van der Waals surface area contributed by atoms with E-state index in [4.69, 9.17) is 23.9 Å². The highest BCUT2D eigenvalue weighted by atomic mass is 32.2. The van der Waals surface area contributed by atoms with Crippen molar-refractivity contribution in [1.82, 2.24) is 9.97 Å². The van der Waals surface area contributed by atoms with Gasteiger partial charge in [-0.05, 0) is 98.7 Å². The van der Waals surface area contributed by atoms with Crippen LogP contribution in [0.2, 0.25) is 0 Å². The number of carbonyl (C=O) groups excluding carboxylic acids is 1. The van der Waals surface area contributed by atoms with E-state index in [1.165, 1.54) is 18.3 Å². The number of hydrogen-bond donors (Lipinski definition) is 0. The lowest BCUT2D eigenvalue weighted by atomic mass is 10.1. The number of methoxy groups -OCH3 is 1. The number of aliphatic imine (C=N–C) groups is 1. The molecule has 3 rings (SSSR count). The highest BCUT2D eigenvalue weighted by molar-refractivity contribution is 7.92. The maximum atomic E-state index is 13.7. The molecule has 1 heterocycles. The number of anilines is 1. The molecule has 0 spiro atoms. The van der Waals surface area contributed by atoms with E-state index >= 15 is 0 Å². The Labute approximate surface area is 284 Å². The summed E-state index contributed by atoms with van der Waals surface area (Å²) in [5.41, 5.74) is 0.877. The molecule has 0 unspecified atom stereocenters. The summed E-state index contributed by atoms with van der Waals surface area (Å²) >= 11 is 0. The fourth-order valence-corrected chi connectivity index (χ4v) is 5.39. The van der Waals surface area contributed by atoms with Gasteiger partial charge in [-0.2, -0.15) is 4.90 Å². The second-order valence-electron chi connectivity index (χ2n) is 13.2. The van der Waals surface area contributed by atoms with Crippen LogP contribution in [0.15, 0.2) is 77.6 Å². The molecule has 258 valence electrons. The molecule has 12 heteroatoms. The van der Waals surface area contributed by atoms with Crippen LogP contribution in [0.3, 0.4) is 0 Å². The average molecular weight is 679 g/mol. The number of ether oxygens (including phenoxy) is 4. The van der Waals surface area contributed by atoms with Gasteiger partial charge in [0.2, 0.25) is 5.90 Å². The van der Waals surface area contributed by atoms with Gasteiger partial charge in [-0.25, -0.2) is 23.2 Å². The van der Waals surface area contributed by atoms with Crippen molar-refractivity contribution >= 4 is 33.4 Å². The molecule has 0 saturated carbocycles. The first-order chi connectivity index (χ1) is 22.2. The first-order valence-electron chi connectivity index (χ1n) is 15.3. The van der Waals surface area contributed by atoms with Gasteiger partial charge in [-0.3, -0.25) is 4.99 Å². The van der Waals surface area contributed by atoms with Gasteiger partial charge in [0, 0.05) is 12.6 Å². The minimum absolute atomic E-state index is 0.0151. The molecule has 48 heavy (non-hydrogen) atoms. The summed E-state index contributed by atoms with van der Waals surface area (Å²) < 4.78 is 49.0. The molecule has 1 aromatic heterocycles. The van der Waals surface area contributed by atoms with E-state index in [9.17, 15) is 13.2 Å². The zero-order valence-electron chi connectivity index (χ0n) is 29.7. The van der Waals surface area contributed by atoms with Crippen LogP contribution in [0.1, 0.15) is 72.2 Å². The minimum Gasteiger partial charge on any atom is -0.496 e. The van der Waals surface area contributed by atoms with Crippen LogP contribution >= 0.6 is 0 Å². The van der Waals surface area contributed by atoms with E-state index in [1.807, 2.05) is 45.9 Å². The van der Waals surface area contributed by atoms with E-state index < -0.39 is 32.4 Å². The van der Waals surface area contributed by atoms with Crippen molar-refractivity contribution in [1.29, 1.82) is 0 Å². The van der Waals surface area contributed by atoms with Gasteiger partial charge in [0.15, 0.2) is 27.3 Å². The average Bonchev–Trinajstić information content (AvgIpc) is 2.98. The van der Waals surface area contributed by atoms with E-state index in [2.05, 4.69) is 23.1 Å². The van der Waals surface area contributed by atoms with Gasteiger partial charge in [0.1, 0.15) is 22.6 Å². The van der Waals surface area contributed by atoms with E-state index in [0.717, 1.165) is 10.5 Å². The lowest BCUT2D eigenvalue weighted by Gasteiger charge is -2.32. The standard InChI is InChI=1S/C36H46N4O7S/c1-22(2)48(42,43)27-17-15-26(16-18-27)29-21-38-32(40(25(5)46-35(6,7)8)34(41)47-36(9,10)11)31(39-29)24(4)45-33(37-12)28-19-14-23(3)20-30(28)44-13/h14-22H,4-5H2,1-3,6-13H3/b37-33-. The SMILES string of the molecule is C=C(O/C(=N\C)c1ccc(C)cc1OC)c1nc(-c2ccc(S(=O)(=O)C(C)C)cc2)cnc1N(C(=C)OC(C)(C)C)C(=O)OC(C)(C)C. The van der Waals surface area contributed by atoms with E-state index in [-0.39, 0.29) is 33.9 Å². The smallest absolute Gasteiger partial charge is 0.423 e. The fraction of sp³-hybridized carbons (Fsp3) is 0.389. The second-order valence-corrected chi connectivity index (χ2v) is 15.7. The Balaban J connectivity index is 2.24. The number of hydrogen-bond acceptors (Lipinski definition) is 10. The van der Waals surface area contributed by atoms with Crippen molar-refractivity contribution in [3.05, 3.63) is 84.5 Å². The Morgan fingerprint density at radius 3 is 2.08 bits per heavy atom. The van der Waals surface area contributed by atoms with Crippen molar-refractivity contribution in [3.8, 4) is 17.0 Å². The molecule has 3 aromatic rings. The molecule has 0 fully saturated rings. The van der Waals surface area contributed by atoms with E-state index in [0.29, 0.717) is 22.6 Å². The Bertz CT molecular complexity index is 1790. The number of nitrogens with zero attached hydrogens (tertiary/aromatic N) is 4. The van der Waals surface area contributed by atoms with Crippen LogP contribution in [-0.2, 0) is 24.0 Å². The number of amides is 1. The van der Waals surface area contributed by atoms with Gasteiger partial charge in [0.05, 0.1) is 34.7 Å². The Morgan fingerprint density at radius 2 is 1.56 bits per heavy atom. The number of sulfone groups is 1. The van der Waals surface area contributed by atoms with Crippen LogP contribution in [0, 0.1) is 6.92 Å². The lowest BCUT2D eigenvalue weighted by Crippen LogP contribution is -2.39. The highest BCUT2D eigenvalue weighted by Crippen LogP contribution is 2.33. The van der Waals surface area contributed by atoms with Gasteiger partial charge < -0.3 is 18.9 Å². The summed E-state index contributed by atoms with van der Waals surface area (Å²) in [6, 6.07) is 11.9. The minimum atomic E-state index is -3.49. The monoisotopic (exact) mass is 678 g/mol. The molecule has 1 amide bonds. The molecular weight excluding hydrogens is 632 g/mol. The molecule has 0 atom stereocenters. The van der Waals surface area contributed by atoms with Gasteiger partial charge in [-0.1, -0.05) is 24.8 Å². The Hall–Kier alpha value is -4.71. The first-order valence-corrected chi connectivity index (χ1v) is 16.8. The number of aryl methyl sites for hydroxylation is 1. The third-order valence-electron chi connectivity index (χ3n) is 6.59. The molecule has 0 aliphatic carbocycles. The molecule has 0 aliphatic heterocycles. The molecule has 0 N–H and O–H groups in total. The largest absolute Gasteiger partial charge is 0.496 e. The summed E-state index contributed by atoms with van der Waals surface area (Å²) in [6.07, 6.45) is 0.623. The van der Waals surface area contributed by atoms with Crippen molar-refractivity contribution < 1.29 is 32.2 Å². The predicted octanol–water partition coefficient (Wildman–Crippen LogP) is 7.73. The molecule has 0 bridgehead atoms. The maximum Gasteiger partial charge on any atom is 0.423 e. The highest BCUT2D eigenvalue weighted by Gasteiger charge is 2.33. The zero-order valence-corrected chi connectivity index (χ0v) is 30.5. The molecule has 0 radical (unpaired) electrons. The van der Waals surface area contributed by atoms with E-state index in [1.54, 1.807) is 60.9 Å². The molecule has 11 nitrogen and oxygen atoms in total. The zero-order chi connectivity index (χ0) is 36.2. The van der Waals surface area contributed by atoms with Crippen molar-refractivity contribution in [2.45, 2.75) is 83.7 Å². The summed E-state index contributed by atoms with van der Waals surface area (Å²) in [5, 5.41) is -0.585. The third-order valence-corrected chi connectivity index (χ3v) is 8.76. The van der Waals surface area contributed by atoms with Crippen LogP contribution in [-0.4, -0.2) is 61.0 Å². The summed E-state index contributed by atoms with van der Waals surface area (Å²) in [4.78, 5) is 28.8. The number of aromatic nitrogens is 2. The molecule has 2 aromatic carbocycles. The van der Waals surface area contributed by atoms with Crippen LogP contribution in [0.5, 0.6) is 5.75 Å². The number of rotatable bonds is 10. The van der Waals surface area contributed by atoms with Gasteiger partial charge in [-0.15, -0.1) is 0 Å². The summed E-state index contributed by atoms with van der Waals surface area (Å²) in [6.45, 7) is 24.0. The van der Waals surface area contributed by atoms with Crippen molar-refractivity contribution in [3.63, 3.8) is 0 Å². The summed E-state index contributed by atoms with van der Waals surface area (Å²) in [5.74, 6) is 0.589. The van der Waals surface area contributed by atoms with Crippen molar-refractivity contribution in [2.24, 2.45) is 4.99 Å². The Kier molecular flexibility index (Phi) is 11.5. The molecule has 0 saturated heterocycles. The van der Waals surface area contributed by atoms with Crippen LogP contribution in [0.25, 0.3) is 17.0 Å². The number of benzene rings is 2. The second kappa shape index (κ2) is 14.6. The normalized spacial score (nSPS) is 12.4. The predicted molar refractivity (Wildman–Crippen MR) is 189 cm³/mol. The van der Waals surface area contributed by atoms with Crippen LogP contribution in [0.4, 0.5) is 10.6 Å². The fourth-order valence-electron chi connectivity index (χ4n) is 4.33. The van der Waals surface area contributed by atoms with Gasteiger partial charge in [0.25, 0.3) is 0 Å². The topological polar surface area (TPSA) is 130 Å². The Morgan fingerprint density at radius 1 is 0.958 bits per heavy atom. The third kappa shape index (κ3) is 9.21. The lowest BCUT2D eigenvalue weighted by molar-refractivity contribution is 0.0345. The van der Waals surface area contributed by atoms with Crippen LogP contribution < -0.4 is 9.64 Å². The van der Waals surface area contributed by atoms with Crippen molar-refractivity contribution in [2.75, 3.05) is 19.1 Å². The first kappa shape index (κ1) is 37.7. The maximum absolute atomic E-state index is 13.7. The quantitative estimate of drug-likeness (QED) is 0.120. The molecule has 0 aliphatic rings. The van der Waals surface area contributed by atoms with Gasteiger partial charge >= 0.3 is 6.09 Å². The summed E-state index contributed by atoms with van der Waals surface area (Å²) in [7, 11) is -0.386. The molecular formula is C36H46N4O7S.